The molecule has 0 saturated heterocycles. The topological polar surface area (TPSA) is 116 Å². The molecule has 10 heteroatoms. The molecule has 2 aromatic carbocycles. The number of methoxy groups -OCH3 is 1. The predicted molar refractivity (Wildman–Crippen MR) is 102 cm³/mol. The quantitative estimate of drug-likeness (QED) is 0.374. The molecule has 0 unspecified atom stereocenters. The summed E-state index contributed by atoms with van der Waals surface area (Å²) in [5.74, 6) is -0.269. The van der Waals surface area contributed by atoms with E-state index in [1.807, 2.05) is 0 Å². The lowest BCUT2D eigenvalue weighted by molar-refractivity contribution is -0.384. The molecule has 28 heavy (non-hydrogen) atoms. The molecule has 0 bridgehead atoms. The van der Waals surface area contributed by atoms with Crippen molar-refractivity contribution >= 4 is 27.4 Å². The number of sulfonamides is 1. The summed E-state index contributed by atoms with van der Waals surface area (Å²) in [6.45, 7) is 2.73. The Morgan fingerprint density at radius 2 is 1.93 bits per heavy atom. The van der Waals surface area contributed by atoms with E-state index in [-0.39, 0.29) is 22.9 Å². The van der Waals surface area contributed by atoms with Gasteiger partial charge >= 0.3 is 5.97 Å². The maximum absolute atomic E-state index is 13.2. The number of nitrogens with zero attached hydrogens (tertiary/aromatic N) is 2. The number of hydrogen-bond acceptors (Lipinski definition) is 7. The average Bonchev–Trinajstić information content (AvgIpc) is 2.66. The molecule has 2 aromatic rings. The highest BCUT2D eigenvalue weighted by molar-refractivity contribution is 7.92. The molecule has 0 atom stereocenters. The van der Waals surface area contributed by atoms with E-state index in [0.717, 1.165) is 10.4 Å². The van der Waals surface area contributed by atoms with Crippen LogP contribution in [0, 0.1) is 17.0 Å². The van der Waals surface area contributed by atoms with Gasteiger partial charge in [-0.25, -0.2) is 8.42 Å². The first-order valence-corrected chi connectivity index (χ1v) is 9.72. The lowest BCUT2D eigenvalue weighted by Gasteiger charge is -2.24. The van der Waals surface area contributed by atoms with E-state index in [1.54, 1.807) is 13.8 Å². The maximum Gasteiger partial charge on any atom is 0.326 e. The zero-order chi connectivity index (χ0) is 20.9. The summed E-state index contributed by atoms with van der Waals surface area (Å²) in [5, 5.41) is 11.1. The van der Waals surface area contributed by atoms with Gasteiger partial charge < -0.3 is 9.47 Å². The van der Waals surface area contributed by atoms with Gasteiger partial charge in [-0.15, -0.1) is 0 Å². The van der Waals surface area contributed by atoms with Crippen LogP contribution in [0.5, 0.6) is 5.75 Å². The molecular weight excluding hydrogens is 388 g/mol. The van der Waals surface area contributed by atoms with Gasteiger partial charge in [0.2, 0.25) is 0 Å². The Labute approximate surface area is 162 Å². The van der Waals surface area contributed by atoms with Gasteiger partial charge in [0.25, 0.3) is 15.7 Å². The highest BCUT2D eigenvalue weighted by Gasteiger charge is 2.29. The third-order valence-corrected chi connectivity index (χ3v) is 5.63. The number of nitro benzene ring substituents is 1. The van der Waals surface area contributed by atoms with E-state index in [1.165, 1.54) is 43.5 Å². The van der Waals surface area contributed by atoms with E-state index < -0.39 is 27.5 Å². The molecule has 0 fully saturated rings. The number of benzene rings is 2. The van der Waals surface area contributed by atoms with Gasteiger partial charge in [-0.3, -0.25) is 19.2 Å². The van der Waals surface area contributed by atoms with Crippen LogP contribution < -0.4 is 9.04 Å². The summed E-state index contributed by atoms with van der Waals surface area (Å²) < 4.78 is 37.2. The summed E-state index contributed by atoms with van der Waals surface area (Å²) in [4.78, 5) is 22.4. The minimum Gasteiger partial charge on any atom is -0.496 e. The second kappa shape index (κ2) is 8.70. The second-order valence-electron chi connectivity index (χ2n) is 5.73. The standard InChI is InChI=1S/C18H20N2O7S/c1-4-27-18(21)12-19(14-6-5-7-15(11-14)20(22)23)28(24,25)16-8-9-17(26-3)13(2)10-16/h5-11H,4,12H2,1-3H3. The lowest BCUT2D eigenvalue weighted by atomic mass is 10.2. The van der Waals surface area contributed by atoms with E-state index in [9.17, 15) is 23.3 Å². The van der Waals surface area contributed by atoms with Gasteiger partial charge in [0, 0.05) is 12.1 Å². The molecule has 9 nitrogen and oxygen atoms in total. The van der Waals surface area contributed by atoms with Crippen LogP contribution in [0.1, 0.15) is 12.5 Å². The third-order valence-electron chi connectivity index (χ3n) is 3.86. The van der Waals surface area contributed by atoms with Crippen molar-refractivity contribution in [2.75, 3.05) is 24.6 Å². The normalized spacial score (nSPS) is 11.0. The highest BCUT2D eigenvalue weighted by atomic mass is 32.2. The molecule has 150 valence electrons. The Hall–Kier alpha value is -3.14. The summed E-state index contributed by atoms with van der Waals surface area (Å²) >= 11 is 0. The van der Waals surface area contributed by atoms with Crippen molar-refractivity contribution in [2.24, 2.45) is 0 Å². The number of hydrogen-bond donors (Lipinski definition) is 0. The Morgan fingerprint density at radius 3 is 2.50 bits per heavy atom. The molecule has 0 aliphatic heterocycles. The number of anilines is 1. The zero-order valence-electron chi connectivity index (χ0n) is 15.6. The molecule has 0 spiro atoms. The second-order valence-corrected chi connectivity index (χ2v) is 7.59. The van der Waals surface area contributed by atoms with E-state index >= 15 is 0 Å². The van der Waals surface area contributed by atoms with Crippen molar-refractivity contribution in [3.05, 3.63) is 58.1 Å². The summed E-state index contributed by atoms with van der Waals surface area (Å²) in [6, 6.07) is 9.29. The number of aryl methyl sites for hydroxylation is 1. The van der Waals surface area contributed by atoms with Crippen LogP contribution in [-0.4, -0.2) is 39.6 Å². The molecule has 0 aromatic heterocycles. The van der Waals surface area contributed by atoms with Gasteiger partial charge in [0.15, 0.2) is 0 Å². The smallest absolute Gasteiger partial charge is 0.326 e. The van der Waals surface area contributed by atoms with Crippen molar-refractivity contribution in [1.82, 2.24) is 0 Å². The number of non-ortho nitro benzene ring substituents is 1. The molecule has 0 aliphatic rings. The third kappa shape index (κ3) is 4.58. The van der Waals surface area contributed by atoms with E-state index in [4.69, 9.17) is 9.47 Å². The SMILES string of the molecule is CCOC(=O)CN(c1cccc([N+](=O)[O-])c1)S(=O)(=O)c1ccc(OC)c(C)c1. The van der Waals surface area contributed by atoms with Crippen LogP contribution in [0.25, 0.3) is 0 Å². The van der Waals surface area contributed by atoms with Crippen LogP contribution in [0.15, 0.2) is 47.4 Å². The van der Waals surface area contributed by atoms with Gasteiger partial charge in [0.1, 0.15) is 12.3 Å². The monoisotopic (exact) mass is 408 g/mol. The van der Waals surface area contributed by atoms with Crippen molar-refractivity contribution in [2.45, 2.75) is 18.7 Å². The first-order valence-electron chi connectivity index (χ1n) is 8.28. The lowest BCUT2D eigenvalue weighted by Crippen LogP contribution is -2.36. The summed E-state index contributed by atoms with van der Waals surface area (Å²) in [7, 11) is -2.74. The number of nitro groups is 1. The number of ether oxygens (including phenoxy) is 2. The Bertz CT molecular complexity index is 989. The van der Waals surface area contributed by atoms with Crippen molar-refractivity contribution in [3.8, 4) is 5.75 Å². The summed E-state index contributed by atoms with van der Waals surface area (Å²) in [6.07, 6.45) is 0. The fourth-order valence-electron chi connectivity index (χ4n) is 2.54. The van der Waals surface area contributed by atoms with E-state index in [2.05, 4.69) is 0 Å². The van der Waals surface area contributed by atoms with E-state index in [0.29, 0.717) is 11.3 Å². The van der Waals surface area contributed by atoms with Crippen molar-refractivity contribution < 1.29 is 27.6 Å². The van der Waals surface area contributed by atoms with Crippen LogP contribution in [0.2, 0.25) is 0 Å². The number of esters is 1. The van der Waals surface area contributed by atoms with Gasteiger partial charge in [0.05, 0.1) is 29.2 Å². The van der Waals surface area contributed by atoms with Crippen LogP contribution in [0.4, 0.5) is 11.4 Å². The first kappa shape index (κ1) is 21.2. The molecule has 0 saturated carbocycles. The molecule has 0 radical (unpaired) electrons. The molecular formula is C18H20N2O7S. The van der Waals surface area contributed by atoms with Gasteiger partial charge in [-0.1, -0.05) is 6.07 Å². The summed E-state index contributed by atoms with van der Waals surface area (Å²) in [5.41, 5.74) is 0.266. The van der Waals surface area contributed by atoms with Crippen molar-refractivity contribution in [1.29, 1.82) is 0 Å². The molecule has 2 rings (SSSR count). The molecule has 0 N–H and O–H groups in total. The number of carbonyl (C=O) groups is 1. The Morgan fingerprint density at radius 1 is 1.21 bits per heavy atom. The number of carbonyl (C=O) groups excluding carboxylic acids is 1. The minimum atomic E-state index is -4.20. The Balaban J connectivity index is 2.57. The van der Waals surface area contributed by atoms with Crippen LogP contribution in [-0.2, 0) is 19.6 Å². The molecule has 0 aliphatic carbocycles. The molecule has 0 heterocycles. The highest BCUT2D eigenvalue weighted by Crippen LogP contribution is 2.29. The molecule has 0 amide bonds. The minimum absolute atomic E-state index is 0.0178. The van der Waals surface area contributed by atoms with Crippen LogP contribution >= 0.6 is 0 Å². The van der Waals surface area contributed by atoms with Crippen molar-refractivity contribution in [3.63, 3.8) is 0 Å². The van der Waals surface area contributed by atoms with Crippen LogP contribution in [0.3, 0.4) is 0 Å². The van der Waals surface area contributed by atoms with Gasteiger partial charge in [-0.05, 0) is 43.7 Å². The first-order chi connectivity index (χ1) is 13.2. The maximum atomic E-state index is 13.2. The number of rotatable bonds is 8. The largest absolute Gasteiger partial charge is 0.496 e. The predicted octanol–water partition coefficient (Wildman–Crippen LogP) is 2.67. The Kier molecular flexibility index (Phi) is 6.57. The fraction of sp³-hybridized carbons (Fsp3) is 0.278. The fourth-order valence-corrected chi connectivity index (χ4v) is 4.03. The average molecular weight is 408 g/mol. The van der Waals surface area contributed by atoms with Gasteiger partial charge in [-0.2, -0.15) is 0 Å². The zero-order valence-corrected chi connectivity index (χ0v) is 16.4.